The zero-order chi connectivity index (χ0) is 16.1. The van der Waals surface area contributed by atoms with Crippen LogP contribution in [0.1, 0.15) is 45.2 Å². The highest BCUT2D eigenvalue weighted by molar-refractivity contribution is 7.89. The topological polar surface area (TPSA) is 58.2 Å². The Morgan fingerprint density at radius 3 is 2.43 bits per heavy atom. The second-order valence-electron chi connectivity index (χ2n) is 6.21. The van der Waals surface area contributed by atoms with Gasteiger partial charge in [-0.1, -0.05) is 33.8 Å². The van der Waals surface area contributed by atoms with Crippen LogP contribution in [0.25, 0.3) is 0 Å². The molecule has 0 atom stereocenters. The molecule has 1 aromatic carbocycles. The molecule has 0 aliphatic carbocycles. The minimum Gasteiger partial charge on any atom is -0.313 e. The van der Waals surface area contributed by atoms with E-state index in [1.807, 2.05) is 19.9 Å². The van der Waals surface area contributed by atoms with Crippen molar-refractivity contribution in [1.82, 2.24) is 10.0 Å². The maximum atomic E-state index is 12.4. The van der Waals surface area contributed by atoms with Gasteiger partial charge in [0.15, 0.2) is 0 Å². The minimum absolute atomic E-state index is 0.0373. The molecular weight excluding hydrogens is 284 g/mol. The fourth-order valence-electron chi connectivity index (χ4n) is 1.76. The van der Waals surface area contributed by atoms with Crippen LogP contribution < -0.4 is 10.0 Å². The van der Waals surface area contributed by atoms with Gasteiger partial charge in [-0.2, -0.15) is 0 Å². The van der Waals surface area contributed by atoms with Gasteiger partial charge in [0, 0.05) is 13.1 Å². The molecule has 0 heterocycles. The summed E-state index contributed by atoms with van der Waals surface area (Å²) in [6, 6.07) is 5.30. The largest absolute Gasteiger partial charge is 0.313 e. The van der Waals surface area contributed by atoms with Gasteiger partial charge < -0.3 is 5.32 Å². The molecule has 0 aromatic heterocycles. The van der Waals surface area contributed by atoms with Gasteiger partial charge >= 0.3 is 0 Å². The van der Waals surface area contributed by atoms with Crippen molar-refractivity contribution < 1.29 is 8.42 Å². The summed E-state index contributed by atoms with van der Waals surface area (Å²) in [6.45, 7) is 12.2. The van der Waals surface area contributed by atoms with E-state index in [2.05, 4.69) is 30.8 Å². The summed E-state index contributed by atoms with van der Waals surface area (Å²) in [5.74, 6) is 0. The van der Waals surface area contributed by atoms with E-state index in [4.69, 9.17) is 0 Å². The first-order valence-electron chi connectivity index (χ1n) is 7.52. The number of rotatable bonds is 8. The van der Waals surface area contributed by atoms with Crippen LogP contribution in [0.2, 0.25) is 0 Å². The highest BCUT2D eigenvalue weighted by atomic mass is 32.2. The van der Waals surface area contributed by atoms with Gasteiger partial charge in [-0.15, -0.1) is 0 Å². The second kappa shape index (κ2) is 7.38. The van der Waals surface area contributed by atoms with Gasteiger partial charge in [0.1, 0.15) is 0 Å². The molecule has 0 saturated heterocycles. The molecule has 0 unspecified atom stereocenters. The Kier molecular flexibility index (Phi) is 6.38. The average molecular weight is 312 g/mol. The molecule has 5 heteroatoms. The fraction of sp³-hybridized carbons (Fsp3) is 0.625. The number of sulfonamides is 1. The van der Waals surface area contributed by atoms with Crippen molar-refractivity contribution >= 4 is 10.0 Å². The van der Waals surface area contributed by atoms with Crippen LogP contribution in [0, 0.1) is 12.3 Å². The van der Waals surface area contributed by atoms with E-state index in [1.54, 1.807) is 12.1 Å². The summed E-state index contributed by atoms with van der Waals surface area (Å²) >= 11 is 0. The molecule has 0 spiro atoms. The first kappa shape index (κ1) is 18.1. The Morgan fingerprint density at radius 2 is 1.86 bits per heavy atom. The maximum Gasteiger partial charge on any atom is 0.240 e. The van der Waals surface area contributed by atoms with Gasteiger partial charge in [-0.05, 0) is 48.6 Å². The average Bonchev–Trinajstić information content (AvgIpc) is 2.44. The van der Waals surface area contributed by atoms with Crippen LogP contribution in [0.5, 0.6) is 0 Å². The standard InChI is InChI=1S/C16H28N2O2S/c1-6-16(4,5)12-18-21(19,20)15-9-8-13(3)14(10-15)11-17-7-2/h8-10,17-18H,6-7,11-12H2,1-5H3. The molecule has 0 bridgehead atoms. The Hall–Kier alpha value is -0.910. The molecule has 1 aromatic rings. The fourth-order valence-corrected chi connectivity index (χ4v) is 3.06. The number of hydrogen-bond donors (Lipinski definition) is 2. The number of aryl methyl sites for hydroxylation is 1. The van der Waals surface area contributed by atoms with E-state index in [1.165, 1.54) is 0 Å². The Bertz CT molecular complexity index is 566. The Balaban J connectivity index is 2.93. The van der Waals surface area contributed by atoms with Crippen molar-refractivity contribution in [2.75, 3.05) is 13.1 Å². The third kappa shape index (κ3) is 5.41. The van der Waals surface area contributed by atoms with E-state index in [9.17, 15) is 8.42 Å². The van der Waals surface area contributed by atoms with Gasteiger partial charge in [-0.3, -0.25) is 0 Å². The molecular formula is C16H28N2O2S. The minimum atomic E-state index is -3.45. The molecule has 0 fully saturated rings. The lowest BCUT2D eigenvalue weighted by atomic mass is 9.91. The summed E-state index contributed by atoms with van der Waals surface area (Å²) in [5.41, 5.74) is 2.09. The molecule has 120 valence electrons. The number of nitrogens with one attached hydrogen (secondary N) is 2. The zero-order valence-electron chi connectivity index (χ0n) is 13.8. The van der Waals surface area contributed by atoms with Gasteiger partial charge in [-0.25, -0.2) is 13.1 Å². The molecule has 1 rings (SSSR count). The van der Waals surface area contributed by atoms with Gasteiger partial charge in [0.05, 0.1) is 4.90 Å². The lowest BCUT2D eigenvalue weighted by molar-refractivity contribution is 0.350. The zero-order valence-corrected chi connectivity index (χ0v) is 14.6. The molecule has 0 aliphatic heterocycles. The van der Waals surface area contributed by atoms with E-state index in [0.717, 1.165) is 24.1 Å². The third-order valence-corrected chi connectivity index (χ3v) is 5.29. The maximum absolute atomic E-state index is 12.4. The quantitative estimate of drug-likeness (QED) is 0.776. The first-order valence-corrected chi connectivity index (χ1v) is 9.00. The van der Waals surface area contributed by atoms with Crippen molar-refractivity contribution in [3.63, 3.8) is 0 Å². The van der Waals surface area contributed by atoms with Crippen LogP contribution in [0.15, 0.2) is 23.1 Å². The molecule has 0 amide bonds. The third-order valence-electron chi connectivity index (χ3n) is 3.89. The first-order chi connectivity index (χ1) is 9.72. The van der Waals surface area contributed by atoms with E-state index >= 15 is 0 Å². The van der Waals surface area contributed by atoms with Crippen LogP contribution in [0.4, 0.5) is 0 Å². The lowest BCUT2D eigenvalue weighted by Gasteiger charge is -2.23. The van der Waals surface area contributed by atoms with Crippen LogP contribution in [-0.4, -0.2) is 21.5 Å². The predicted octanol–water partition coefficient (Wildman–Crippen LogP) is 2.82. The molecule has 21 heavy (non-hydrogen) atoms. The highest BCUT2D eigenvalue weighted by Gasteiger charge is 2.21. The summed E-state index contributed by atoms with van der Waals surface area (Å²) < 4.78 is 27.5. The van der Waals surface area contributed by atoms with Gasteiger partial charge in [0.25, 0.3) is 0 Å². The van der Waals surface area contributed by atoms with Crippen LogP contribution >= 0.6 is 0 Å². The highest BCUT2D eigenvalue weighted by Crippen LogP contribution is 2.20. The smallest absolute Gasteiger partial charge is 0.240 e. The molecule has 2 N–H and O–H groups in total. The lowest BCUT2D eigenvalue weighted by Crippen LogP contribution is -2.33. The molecule has 0 saturated carbocycles. The Morgan fingerprint density at radius 1 is 1.19 bits per heavy atom. The summed E-state index contributed by atoms with van der Waals surface area (Å²) in [4.78, 5) is 0.341. The molecule has 0 radical (unpaired) electrons. The van der Waals surface area contributed by atoms with E-state index in [0.29, 0.717) is 18.0 Å². The van der Waals surface area contributed by atoms with Crippen molar-refractivity contribution in [3.8, 4) is 0 Å². The Labute approximate surface area is 129 Å². The summed E-state index contributed by atoms with van der Waals surface area (Å²) in [6.07, 6.45) is 0.926. The number of benzene rings is 1. The molecule has 4 nitrogen and oxygen atoms in total. The SMILES string of the molecule is CCNCc1cc(S(=O)(=O)NCC(C)(C)CC)ccc1C. The van der Waals surface area contributed by atoms with E-state index in [-0.39, 0.29) is 5.41 Å². The van der Waals surface area contributed by atoms with Crippen molar-refractivity contribution in [3.05, 3.63) is 29.3 Å². The second-order valence-corrected chi connectivity index (χ2v) is 7.98. The van der Waals surface area contributed by atoms with Crippen LogP contribution in [0.3, 0.4) is 0 Å². The van der Waals surface area contributed by atoms with Crippen molar-refractivity contribution in [1.29, 1.82) is 0 Å². The normalized spacial score (nSPS) is 12.6. The molecule has 0 aliphatic rings. The van der Waals surface area contributed by atoms with Crippen LogP contribution in [-0.2, 0) is 16.6 Å². The van der Waals surface area contributed by atoms with Crippen molar-refractivity contribution in [2.45, 2.75) is 52.5 Å². The van der Waals surface area contributed by atoms with E-state index < -0.39 is 10.0 Å². The van der Waals surface area contributed by atoms with Gasteiger partial charge in [0.2, 0.25) is 10.0 Å². The number of hydrogen-bond acceptors (Lipinski definition) is 3. The summed E-state index contributed by atoms with van der Waals surface area (Å²) in [7, 11) is -3.45. The van der Waals surface area contributed by atoms with Crippen molar-refractivity contribution in [2.24, 2.45) is 5.41 Å². The predicted molar refractivity (Wildman–Crippen MR) is 87.8 cm³/mol. The summed E-state index contributed by atoms with van der Waals surface area (Å²) in [5, 5.41) is 3.23. The monoisotopic (exact) mass is 312 g/mol.